The van der Waals surface area contributed by atoms with Gasteiger partial charge in [-0.3, -0.25) is 0 Å². The second-order valence-corrected chi connectivity index (χ2v) is 6.55. The molecule has 0 radical (unpaired) electrons. The highest BCUT2D eigenvalue weighted by atomic mass is 79.9. The Bertz CT molecular complexity index is 670. The highest BCUT2D eigenvalue weighted by molar-refractivity contribution is 9.10. The summed E-state index contributed by atoms with van der Waals surface area (Å²) in [5, 5.41) is 0. The van der Waals surface area contributed by atoms with Gasteiger partial charge in [-0.25, -0.2) is 0 Å². The summed E-state index contributed by atoms with van der Waals surface area (Å²) in [5.41, 5.74) is 2.92. The van der Waals surface area contributed by atoms with Crippen molar-refractivity contribution in [3.8, 4) is 17.2 Å². The fraction of sp³-hybridized carbons (Fsp3) is 0.368. The summed E-state index contributed by atoms with van der Waals surface area (Å²) in [6.07, 6.45) is 4.48. The van der Waals surface area contributed by atoms with Crippen LogP contribution in [-0.4, -0.2) is 20.3 Å². The van der Waals surface area contributed by atoms with Gasteiger partial charge in [-0.1, -0.05) is 22.0 Å². The van der Waals surface area contributed by atoms with E-state index in [4.69, 9.17) is 14.2 Å². The summed E-state index contributed by atoms with van der Waals surface area (Å²) < 4.78 is 17.9. The van der Waals surface area contributed by atoms with E-state index in [0.717, 1.165) is 28.1 Å². The van der Waals surface area contributed by atoms with E-state index in [2.05, 4.69) is 34.1 Å². The van der Waals surface area contributed by atoms with Gasteiger partial charge in [0.25, 0.3) is 0 Å². The molecule has 2 aromatic rings. The van der Waals surface area contributed by atoms with E-state index in [-0.39, 0.29) is 0 Å². The lowest BCUT2D eigenvalue weighted by Gasteiger charge is -2.12. The second kappa shape index (κ2) is 7.73. The third-order valence-electron chi connectivity index (χ3n) is 4.01. The summed E-state index contributed by atoms with van der Waals surface area (Å²) in [5.74, 6) is 2.46. The number of ether oxygens (including phenoxy) is 3. The molecule has 0 aromatic heterocycles. The topological polar surface area (TPSA) is 27.7 Å². The van der Waals surface area contributed by atoms with Crippen molar-refractivity contribution < 1.29 is 14.2 Å². The van der Waals surface area contributed by atoms with Crippen LogP contribution in [0.15, 0.2) is 40.9 Å². The van der Waals surface area contributed by atoms with Gasteiger partial charge in [0.05, 0.1) is 20.3 Å². The molecule has 122 valence electrons. The van der Waals surface area contributed by atoms with Crippen molar-refractivity contribution in [1.82, 2.24) is 0 Å². The maximum absolute atomic E-state index is 5.83. The van der Waals surface area contributed by atoms with Gasteiger partial charge in [0.1, 0.15) is 5.75 Å². The molecule has 0 amide bonds. The quantitative estimate of drug-likeness (QED) is 0.649. The van der Waals surface area contributed by atoms with Crippen LogP contribution in [0.1, 0.15) is 24.0 Å². The number of halogens is 1. The van der Waals surface area contributed by atoms with E-state index in [0.29, 0.717) is 13.2 Å². The summed E-state index contributed by atoms with van der Waals surface area (Å²) in [6.45, 7) is 1.25. The molecule has 0 bridgehead atoms. The molecule has 0 saturated carbocycles. The Kier molecular flexibility index (Phi) is 5.44. The first-order chi connectivity index (χ1) is 11.3. The molecule has 0 spiro atoms. The number of methoxy groups -OCH3 is 1. The van der Waals surface area contributed by atoms with Crippen molar-refractivity contribution in [1.29, 1.82) is 0 Å². The van der Waals surface area contributed by atoms with Crippen LogP contribution in [0, 0.1) is 0 Å². The Morgan fingerprint density at radius 2 is 1.74 bits per heavy atom. The first kappa shape index (κ1) is 16.2. The zero-order valence-electron chi connectivity index (χ0n) is 13.3. The van der Waals surface area contributed by atoms with Crippen LogP contribution >= 0.6 is 15.9 Å². The average Bonchev–Trinajstić information content (AvgIpc) is 3.03. The molecule has 0 aliphatic heterocycles. The smallest absolute Gasteiger partial charge is 0.161 e. The van der Waals surface area contributed by atoms with Gasteiger partial charge >= 0.3 is 0 Å². The van der Waals surface area contributed by atoms with Crippen LogP contribution in [-0.2, 0) is 12.8 Å². The second-order valence-electron chi connectivity index (χ2n) is 5.63. The predicted octanol–water partition coefficient (Wildman–Crippen LogP) is 4.79. The lowest BCUT2D eigenvalue weighted by atomic mass is 10.1. The van der Waals surface area contributed by atoms with Crippen LogP contribution in [0.25, 0.3) is 0 Å². The maximum Gasteiger partial charge on any atom is 0.161 e. The molecular formula is C19H21BrO3. The number of hydrogen-bond donors (Lipinski definition) is 0. The monoisotopic (exact) mass is 376 g/mol. The number of fused-ring (bicyclic) bond motifs is 1. The van der Waals surface area contributed by atoms with Gasteiger partial charge in [0.15, 0.2) is 11.5 Å². The maximum atomic E-state index is 5.83. The summed E-state index contributed by atoms with van der Waals surface area (Å²) >= 11 is 3.42. The van der Waals surface area contributed by atoms with Crippen molar-refractivity contribution in [2.24, 2.45) is 0 Å². The number of aryl methyl sites for hydroxylation is 2. The Labute approximate surface area is 145 Å². The van der Waals surface area contributed by atoms with Gasteiger partial charge in [-0.15, -0.1) is 0 Å². The molecule has 0 fully saturated rings. The standard InChI is InChI=1S/C19H21BrO3/c1-21-19-13-16(20)7-9-18(19)23-11-3-10-22-17-8-6-14-4-2-5-15(14)12-17/h6-9,12-13H,2-5,10-11H2,1H3. The van der Waals surface area contributed by atoms with Gasteiger partial charge in [0, 0.05) is 10.9 Å². The summed E-state index contributed by atoms with van der Waals surface area (Å²) in [7, 11) is 1.64. The molecule has 0 N–H and O–H groups in total. The van der Waals surface area contributed by atoms with E-state index in [1.165, 1.54) is 30.4 Å². The highest BCUT2D eigenvalue weighted by Gasteiger charge is 2.11. The van der Waals surface area contributed by atoms with Crippen LogP contribution in [0.3, 0.4) is 0 Å². The van der Waals surface area contributed by atoms with Crippen molar-refractivity contribution in [3.05, 3.63) is 52.0 Å². The van der Waals surface area contributed by atoms with Crippen molar-refractivity contribution in [2.75, 3.05) is 20.3 Å². The molecule has 1 aliphatic carbocycles. The molecule has 1 aliphatic rings. The van der Waals surface area contributed by atoms with Crippen LogP contribution in [0.2, 0.25) is 0 Å². The van der Waals surface area contributed by atoms with Gasteiger partial charge in [-0.05, 0) is 60.7 Å². The van der Waals surface area contributed by atoms with Crippen molar-refractivity contribution in [3.63, 3.8) is 0 Å². The van der Waals surface area contributed by atoms with E-state index >= 15 is 0 Å². The molecule has 3 nitrogen and oxygen atoms in total. The number of hydrogen-bond acceptors (Lipinski definition) is 3. The Hall–Kier alpha value is -1.68. The molecule has 4 heteroatoms. The normalized spacial score (nSPS) is 12.8. The lowest BCUT2D eigenvalue weighted by Crippen LogP contribution is -2.06. The molecule has 0 unspecified atom stereocenters. The fourth-order valence-electron chi connectivity index (χ4n) is 2.83. The Morgan fingerprint density at radius 1 is 0.913 bits per heavy atom. The zero-order chi connectivity index (χ0) is 16.1. The minimum Gasteiger partial charge on any atom is -0.493 e. The van der Waals surface area contributed by atoms with Crippen molar-refractivity contribution >= 4 is 15.9 Å². The molecule has 0 atom stereocenters. The first-order valence-corrected chi connectivity index (χ1v) is 8.76. The third-order valence-corrected chi connectivity index (χ3v) is 4.50. The zero-order valence-corrected chi connectivity index (χ0v) is 14.9. The van der Waals surface area contributed by atoms with E-state index in [9.17, 15) is 0 Å². The predicted molar refractivity (Wildman–Crippen MR) is 94.8 cm³/mol. The highest BCUT2D eigenvalue weighted by Crippen LogP contribution is 2.30. The minimum absolute atomic E-state index is 0.600. The van der Waals surface area contributed by atoms with Crippen LogP contribution in [0.4, 0.5) is 0 Å². The lowest BCUT2D eigenvalue weighted by molar-refractivity contribution is 0.240. The van der Waals surface area contributed by atoms with E-state index in [1.807, 2.05) is 18.2 Å². The minimum atomic E-state index is 0.600. The fourth-order valence-corrected chi connectivity index (χ4v) is 3.17. The van der Waals surface area contributed by atoms with E-state index in [1.54, 1.807) is 7.11 Å². The first-order valence-electron chi connectivity index (χ1n) is 7.97. The SMILES string of the molecule is COc1cc(Br)ccc1OCCCOc1ccc2c(c1)CCC2. The van der Waals surface area contributed by atoms with Gasteiger partial charge < -0.3 is 14.2 Å². The Morgan fingerprint density at radius 3 is 2.61 bits per heavy atom. The average molecular weight is 377 g/mol. The molecule has 0 saturated heterocycles. The molecule has 23 heavy (non-hydrogen) atoms. The summed E-state index contributed by atoms with van der Waals surface area (Å²) in [4.78, 5) is 0. The Balaban J connectivity index is 1.44. The molecule has 3 rings (SSSR count). The van der Waals surface area contributed by atoms with Gasteiger partial charge in [-0.2, -0.15) is 0 Å². The van der Waals surface area contributed by atoms with Crippen LogP contribution < -0.4 is 14.2 Å². The molecular weight excluding hydrogens is 356 g/mol. The largest absolute Gasteiger partial charge is 0.493 e. The number of rotatable bonds is 7. The summed E-state index contributed by atoms with van der Waals surface area (Å²) in [6, 6.07) is 12.2. The van der Waals surface area contributed by atoms with Crippen molar-refractivity contribution in [2.45, 2.75) is 25.7 Å². The number of benzene rings is 2. The van der Waals surface area contributed by atoms with E-state index < -0.39 is 0 Å². The third kappa shape index (κ3) is 4.20. The van der Waals surface area contributed by atoms with Gasteiger partial charge in [0.2, 0.25) is 0 Å². The molecule has 2 aromatic carbocycles. The van der Waals surface area contributed by atoms with Crippen LogP contribution in [0.5, 0.6) is 17.2 Å². The molecule has 0 heterocycles.